The van der Waals surface area contributed by atoms with Crippen LogP contribution in [0.1, 0.15) is 285 Å². The molecule has 0 aliphatic rings. The van der Waals surface area contributed by atoms with E-state index in [2.05, 4.69) is 180 Å². The first-order chi connectivity index (χ1) is 50.7. The van der Waals surface area contributed by atoms with Crippen molar-refractivity contribution >= 4 is 39.5 Å². The van der Waals surface area contributed by atoms with Crippen molar-refractivity contribution < 1.29 is 80.2 Å². The van der Waals surface area contributed by atoms with Crippen LogP contribution in [0.15, 0.2) is 170 Å². The minimum atomic E-state index is -5.01. The van der Waals surface area contributed by atoms with Crippen molar-refractivity contribution in [2.24, 2.45) is 0 Å². The summed E-state index contributed by atoms with van der Waals surface area (Å²) in [5.41, 5.74) is 0. The Labute approximate surface area is 629 Å². The smallest absolute Gasteiger partial charge is 0.462 e. The topological polar surface area (TPSA) is 237 Å². The fourth-order valence-corrected chi connectivity index (χ4v) is 11.3. The maximum absolute atomic E-state index is 13.1. The number of aliphatic hydroxyl groups excluding tert-OH is 1. The zero-order valence-electron chi connectivity index (χ0n) is 64.4. The van der Waals surface area contributed by atoms with Gasteiger partial charge in [0.15, 0.2) is 12.2 Å². The zero-order chi connectivity index (χ0) is 76.0. The number of esters is 4. The average molecular weight is 1490 g/mol. The van der Waals surface area contributed by atoms with Crippen LogP contribution in [-0.2, 0) is 65.4 Å². The van der Waals surface area contributed by atoms with Crippen LogP contribution < -0.4 is 0 Å². The normalized spacial score (nSPS) is 14.8. The van der Waals surface area contributed by atoms with E-state index in [-0.39, 0.29) is 25.7 Å². The number of allylic oxidation sites excluding steroid dienone is 28. The second-order valence-corrected chi connectivity index (χ2v) is 28.4. The van der Waals surface area contributed by atoms with Gasteiger partial charge >= 0.3 is 39.5 Å². The van der Waals surface area contributed by atoms with Gasteiger partial charge in [0, 0.05) is 25.7 Å². The monoisotopic (exact) mass is 1490 g/mol. The van der Waals surface area contributed by atoms with E-state index in [9.17, 15) is 43.2 Å². The number of carbonyl (C=O) groups is 4. The van der Waals surface area contributed by atoms with Gasteiger partial charge in [-0.25, -0.2) is 9.13 Å². The van der Waals surface area contributed by atoms with Crippen LogP contribution in [0, 0.1) is 0 Å². The lowest BCUT2D eigenvalue weighted by Crippen LogP contribution is -2.30. The van der Waals surface area contributed by atoms with Crippen LogP contribution in [0.25, 0.3) is 0 Å². The number of carbonyl (C=O) groups excluding carboxylic acids is 4. The first-order valence-corrected chi connectivity index (χ1v) is 42.4. The quantitative estimate of drug-likeness (QED) is 0.0169. The third-order valence-corrected chi connectivity index (χ3v) is 17.5. The van der Waals surface area contributed by atoms with Crippen LogP contribution >= 0.6 is 15.6 Å². The first kappa shape index (κ1) is 98.4. The van der Waals surface area contributed by atoms with Crippen molar-refractivity contribution in [2.45, 2.75) is 303 Å². The highest BCUT2D eigenvalue weighted by atomic mass is 31.2. The molecule has 19 heteroatoms. The lowest BCUT2D eigenvalue weighted by atomic mass is 10.1. The maximum atomic E-state index is 13.1. The van der Waals surface area contributed by atoms with E-state index in [1.807, 2.05) is 18.2 Å². The van der Waals surface area contributed by atoms with Gasteiger partial charge < -0.3 is 33.8 Å². The first-order valence-electron chi connectivity index (χ1n) is 39.4. The maximum Gasteiger partial charge on any atom is 0.472 e. The van der Waals surface area contributed by atoms with Gasteiger partial charge in [-0.3, -0.25) is 37.3 Å². The molecule has 0 aliphatic heterocycles. The number of ether oxygens (including phenoxy) is 4. The minimum Gasteiger partial charge on any atom is -0.462 e. The second kappa shape index (κ2) is 75.6. The molecule has 5 atom stereocenters. The van der Waals surface area contributed by atoms with Crippen molar-refractivity contribution in [2.75, 3.05) is 39.6 Å². The van der Waals surface area contributed by atoms with Gasteiger partial charge in [0.1, 0.15) is 19.3 Å². The van der Waals surface area contributed by atoms with E-state index in [4.69, 9.17) is 37.0 Å². The molecule has 0 aromatic rings. The van der Waals surface area contributed by atoms with E-state index in [1.54, 1.807) is 0 Å². The number of phosphoric acid groups is 2. The van der Waals surface area contributed by atoms with Gasteiger partial charge in [0.25, 0.3) is 0 Å². The average Bonchev–Trinajstić information content (AvgIpc) is 0.939. The molecule has 0 amide bonds. The lowest BCUT2D eigenvalue weighted by Gasteiger charge is -2.21. The van der Waals surface area contributed by atoms with Crippen LogP contribution in [0.2, 0.25) is 0 Å². The molecule has 0 saturated heterocycles. The Morgan fingerprint density at radius 1 is 0.279 bits per heavy atom. The number of aliphatic hydroxyl groups is 1. The van der Waals surface area contributed by atoms with Gasteiger partial charge in [0.05, 0.1) is 26.4 Å². The highest BCUT2D eigenvalue weighted by Crippen LogP contribution is 2.45. The molecule has 0 aliphatic carbocycles. The molecule has 0 rings (SSSR count). The summed E-state index contributed by atoms with van der Waals surface area (Å²) < 4.78 is 68.4. The molecule has 17 nitrogen and oxygen atoms in total. The Bertz CT molecular complexity index is 2640. The summed E-state index contributed by atoms with van der Waals surface area (Å²) >= 11 is 0. The molecule has 0 fully saturated rings. The Morgan fingerprint density at radius 2 is 0.538 bits per heavy atom. The SMILES string of the molecule is CC/C=C\C/C=C\C/C=C\C/C=C\C/C=C\C/C=C\CCC(=O)OCC(COP(=O)(O)OCC(O)COP(=O)(O)OCC(COC(=O)CCCCCC/C=C\C/C=C\C/C=C\C/C=C\CC)OC(=O)CCCCCCC/C=C\C/C=C\CCCCC)OC(=O)CCCCCCC/C=C\C/C=C\CCC. The molecule has 3 N–H and O–H groups in total. The predicted molar refractivity (Wildman–Crippen MR) is 426 cm³/mol. The highest BCUT2D eigenvalue weighted by Gasteiger charge is 2.30. The summed E-state index contributed by atoms with van der Waals surface area (Å²) in [6, 6.07) is 0. The molecular weight excluding hydrogens is 1350 g/mol. The van der Waals surface area contributed by atoms with E-state index in [0.29, 0.717) is 32.1 Å². The zero-order valence-corrected chi connectivity index (χ0v) is 66.2. The summed E-state index contributed by atoms with van der Waals surface area (Å²) in [6.07, 6.45) is 89.2. The molecule has 0 aromatic carbocycles. The molecule has 0 heterocycles. The second-order valence-electron chi connectivity index (χ2n) is 25.5. The van der Waals surface area contributed by atoms with Crippen LogP contribution in [-0.4, -0.2) is 96.7 Å². The van der Waals surface area contributed by atoms with E-state index in [1.165, 1.54) is 19.3 Å². The fourth-order valence-electron chi connectivity index (χ4n) is 9.72. The largest absolute Gasteiger partial charge is 0.472 e. The molecule has 0 spiro atoms. The number of hydrogen-bond acceptors (Lipinski definition) is 15. The van der Waals surface area contributed by atoms with E-state index in [0.717, 1.165) is 180 Å². The minimum absolute atomic E-state index is 0.0269. The van der Waals surface area contributed by atoms with Crippen LogP contribution in [0.3, 0.4) is 0 Å². The van der Waals surface area contributed by atoms with Crippen molar-refractivity contribution in [1.82, 2.24) is 0 Å². The van der Waals surface area contributed by atoms with Gasteiger partial charge in [-0.2, -0.15) is 0 Å². The summed E-state index contributed by atoms with van der Waals surface area (Å²) in [5, 5.41) is 10.6. The molecular formula is C85H138O17P2. The van der Waals surface area contributed by atoms with E-state index >= 15 is 0 Å². The van der Waals surface area contributed by atoms with Crippen molar-refractivity contribution in [1.29, 1.82) is 0 Å². The van der Waals surface area contributed by atoms with Gasteiger partial charge in [-0.1, -0.05) is 268 Å². The van der Waals surface area contributed by atoms with E-state index < -0.39 is 97.5 Å². The Hall–Kier alpha value is -5.58. The third-order valence-electron chi connectivity index (χ3n) is 15.6. The summed E-state index contributed by atoms with van der Waals surface area (Å²) in [6.45, 7) is 4.39. The summed E-state index contributed by atoms with van der Waals surface area (Å²) in [7, 11) is -10.0. The Kier molecular flexibility index (Phi) is 71.6. The Balaban J connectivity index is 5.47. The van der Waals surface area contributed by atoms with Crippen molar-refractivity contribution in [3.8, 4) is 0 Å². The van der Waals surface area contributed by atoms with Crippen LogP contribution in [0.4, 0.5) is 0 Å². The number of unbranched alkanes of at least 4 members (excludes halogenated alkanes) is 18. The lowest BCUT2D eigenvalue weighted by molar-refractivity contribution is -0.161. The Morgan fingerprint density at radius 3 is 0.865 bits per heavy atom. The van der Waals surface area contributed by atoms with Crippen LogP contribution in [0.5, 0.6) is 0 Å². The fraction of sp³-hybridized carbons (Fsp3) is 0.624. The molecule has 104 heavy (non-hydrogen) atoms. The van der Waals surface area contributed by atoms with Gasteiger partial charge in [-0.05, 0) is 161 Å². The molecule has 0 radical (unpaired) electrons. The summed E-state index contributed by atoms with van der Waals surface area (Å²) in [5.74, 6) is -2.34. The molecule has 0 saturated carbocycles. The molecule has 590 valence electrons. The molecule has 0 bridgehead atoms. The van der Waals surface area contributed by atoms with Crippen molar-refractivity contribution in [3.05, 3.63) is 170 Å². The highest BCUT2D eigenvalue weighted by molar-refractivity contribution is 7.47. The molecule has 5 unspecified atom stereocenters. The third kappa shape index (κ3) is 74.7. The van der Waals surface area contributed by atoms with Gasteiger partial charge in [0.2, 0.25) is 0 Å². The van der Waals surface area contributed by atoms with Crippen molar-refractivity contribution in [3.63, 3.8) is 0 Å². The summed E-state index contributed by atoms with van der Waals surface area (Å²) in [4.78, 5) is 73.0. The predicted octanol–water partition coefficient (Wildman–Crippen LogP) is 23.0. The number of hydrogen-bond donors (Lipinski definition) is 3. The number of phosphoric ester groups is 2. The molecule has 0 aromatic heterocycles. The standard InChI is InChI=1S/C85H138O17P2/c1-5-9-13-17-21-25-29-33-36-38-39-41-44-47-50-54-58-62-66-70-83(88)95-75-80(101-84(89)71-67-63-59-55-51-45-32-28-24-20-16-12-8-4)77-99-103(91,92)97-73-79(86)74-98-104(93,94)100-78-81(102-85(90)72-68-64-60-56-52-48-42-35-31-27-23-19-15-11-7-3)76-96-82(87)69-65-61-57-53-49-46-43-40-37-34-30-26-22-18-14-10-6-2/h9-10,13-14,16,20-23,25-28,32-37,39,41-43,46-47,50,58,62,79-81,86H,5-8,11-12,15,17-19,24,29-31,38,40,44-45,48-49,51-57,59-61,63-78H2,1-4H3,(H,91,92)(H,93,94)/b13-9-,14-10-,20-16-,25-21-,26-22-,27-23-,32-28-,36-33-,37-34-,41-39-,42-35-,46-43-,50-47-,62-58-. The van der Waals surface area contributed by atoms with Gasteiger partial charge in [-0.15, -0.1) is 0 Å². The number of rotatable bonds is 72.